The first kappa shape index (κ1) is 22.8. The van der Waals surface area contributed by atoms with E-state index in [1.54, 1.807) is 6.92 Å². The standard InChI is InChI=1S/C22H25N3O8/c1-6-7-4-5-8(23)15(26)10(7)16(27)11-9(6)17(28)13-14(25(2)3)18(29)12(21(24)32)20(31)22(13,33)19(11)30/h4-6,9,13-14,17,26-28,31,33H,23H2,1-3H3,(H2,24,32)/t6-,9?,13?,14-,17?,22-/m0/s1. The molecule has 3 unspecified atom stereocenters. The van der Waals surface area contributed by atoms with Crippen LogP contribution in [0.1, 0.15) is 24.0 Å². The first-order valence-corrected chi connectivity index (χ1v) is 10.2. The number of fused-ring (bicyclic) bond motifs is 3. The average Bonchev–Trinajstić information content (AvgIpc) is 2.72. The van der Waals surface area contributed by atoms with Gasteiger partial charge in [0.25, 0.3) is 5.91 Å². The van der Waals surface area contributed by atoms with Crippen LogP contribution in [0, 0.1) is 11.8 Å². The highest BCUT2D eigenvalue weighted by Crippen LogP contribution is 2.56. The number of primary amides is 1. The fourth-order valence-electron chi connectivity index (χ4n) is 5.63. The minimum atomic E-state index is -2.93. The number of nitrogens with two attached hydrogens (primary N) is 2. The number of ketones is 2. The molecule has 1 aromatic carbocycles. The van der Waals surface area contributed by atoms with Gasteiger partial charge >= 0.3 is 0 Å². The van der Waals surface area contributed by atoms with Gasteiger partial charge in [0.1, 0.15) is 22.8 Å². The molecule has 1 aromatic rings. The number of carbonyl (C=O) groups is 3. The summed E-state index contributed by atoms with van der Waals surface area (Å²) in [5.41, 5.74) is 6.86. The Labute approximate surface area is 188 Å². The highest BCUT2D eigenvalue weighted by molar-refractivity contribution is 6.24. The second-order valence-electron chi connectivity index (χ2n) is 9.02. The molecule has 9 N–H and O–H groups in total. The molecule has 11 heteroatoms. The number of amides is 1. The summed E-state index contributed by atoms with van der Waals surface area (Å²) in [6.45, 7) is 1.65. The minimum absolute atomic E-state index is 0.0679. The van der Waals surface area contributed by atoms with Crippen molar-refractivity contribution in [3.63, 3.8) is 0 Å². The van der Waals surface area contributed by atoms with Crippen molar-refractivity contribution in [2.75, 3.05) is 19.8 Å². The van der Waals surface area contributed by atoms with Crippen molar-refractivity contribution in [3.8, 4) is 5.75 Å². The summed E-state index contributed by atoms with van der Waals surface area (Å²) in [6.07, 6.45) is -1.62. The van der Waals surface area contributed by atoms with Gasteiger partial charge in [-0.2, -0.15) is 0 Å². The second kappa shape index (κ2) is 7.04. The van der Waals surface area contributed by atoms with Gasteiger partial charge in [-0.25, -0.2) is 0 Å². The molecule has 4 rings (SSSR count). The van der Waals surface area contributed by atoms with Crippen molar-refractivity contribution >= 4 is 28.9 Å². The van der Waals surface area contributed by atoms with E-state index in [-0.39, 0.29) is 11.3 Å². The zero-order valence-electron chi connectivity index (χ0n) is 18.1. The van der Waals surface area contributed by atoms with Crippen LogP contribution in [-0.2, 0) is 14.4 Å². The van der Waals surface area contributed by atoms with Crippen LogP contribution in [0.5, 0.6) is 5.75 Å². The number of aromatic hydroxyl groups is 1. The monoisotopic (exact) mass is 459 g/mol. The predicted molar refractivity (Wildman–Crippen MR) is 115 cm³/mol. The van der Waals surface area contributed by atoms with Gasteiger partial charge < -0.3 is 37.0 Å². The number of phenols is 1. The molecule has 0 heterocycles. The van der Waals surface area contributed by atoms with Crippen LogP contribution < -0.4 is 11.5 Å². The van der Waals surface area contributed by atoms with Crippen molar-refractivity contribution in [2.45, 2.75) is 30.6 Å². The molecule has 33 heavy (non-hydrogen) atoms. The first-order valence-electron chi connectivity index (χ1n) is 10.2. The molecule has 176 valence electrons. The third-order valence-electron chi connectivity index (χ3n) is 7.16. The van der Waals surface area contributed by atoms with E-state index in [4.69, 9.17) is 11.5 Å². The lowest BCUT2D eigenvalue weighted by Gasteiger charge is -2.53. The maximum Gasteiger partial charge on any atom is 0.255 e. The summed E-state index contributed by atoms with van der Waals surface area (Å²) >= 11 is 0. The lowest BCUT2D eigenvalue weighted by atomic mass is 9.54. The van der Waals surface area contributed by atoms with Crippen LogP contribution in [0.3, 0.4) is 0 Å². The highest BCUT2D eigenvalue weighted by atomic mass is 16.4. The lowest BCUT2D eigenvalue weighted by Crippen LogP contribution is -2.70. The van der Waals surface area contributed by atoms with Gasteiger partial charge in [-0.15, -0.1) is 0 Å². The zero-order valence-corrected chi connectivity index (χ0v) is 18.1. The van der Waals surface area contributed by atoms with E-state index in [9.17, 15) is 39.9 Å². The number of aliphatic hydroxyl groups is 4. The number of hydrogen-bond donors (Lipinski definition) is 7. The van der Waals surface area contributed by atoms with Crippen molar-refractivity contribution in [1.82, 2.24) is 4.90 Å². The molecular formula is C22H25N3O8. The van der Waals surface area contributed by atoms with Crippen molar-refractivity contribution in [1.29, 1.82) is 0 Å². The molecule has 0 aromatic heterocycles. The number of anilines is 1. The molecule has 0 saturated heterocycles. The van der Waals surface area contributed by atoms with Gasteiger partial charge in [0.2, 0.25) is 5.78 Å². The smallest absolute Gasteiger partial charge is 0.255 e. The van der Waals surface area contributed by atoms with Gasteiger partial charge in [-0.05, 0) is 31.6 Å². The SMILES string of the molecule is C[C@H]1c2ccc(N)c(O)c2C(O)=C2C(=O)[C@]3(O)C(O)=C(C(N)=O)C(=O)[C@@H](N(C)C)C3C(O)C21. The Morgan fingerprint density at radius 3 is 2.30 bits per heavy atom. The van der Waals surface area contributed by atoms with E-state index in [2.05, 4.69) is 0 Å². The third-order valence-corrected chi connectivity index (χ3v) is 7.16. The maximum absolute atomic E-state index is 13.7. The van der Waals surface area contributed by atoms with E-state index in [1.165, 1.54) is 31.1 Å². The zero-order chi connectivity index (χ0) is 24.7. The normalized spacial score (nSPS) is 33.7. The second-order valence-corrected chi connectivity index (χ2v) is 9.02. The summed E-state index contributed by atoms with van der Waals surface area (Å²) < 4.78 is 0. The van der Waals surface area contributed by atoms with Crippen molar-refractivity contribution in [2.24, 2.45) is 17.6 Å². The molecule has 0 radical (unpaired) electrons. The Kier molecular flexibility index (Phi) is 4.86. The van der Waals surface area contributed by atoms with Crippen LogP contribution in [0.25, 0.3) is 5.76 Å². The highest BCUT2D eigenvalue weighted by Gasteiger charge is 2.68. The molecule has 0 spiro atoms. The number of carbonyl (C=O) groups excluding carboxylic acids is 3. The lowest BCUT2D eigenvalue weighted by molar-refractivity contribution is -0.169. The number of nitrogen functional groups attached to an aromatic ring is 1. The predicted octanol–water partition coefficient (Wildman–Crippen LogP) is -0.922. The fourth-order valence-corrected chi connectivity index (χ4v) is 5.63. The molecule has 0 bridgehead atoms. The molecule has 6 atom stereocenters. The number of Topliss-reactive ketones (excluding diaryl/α,β-unsaturated/α-hetero) is 2. The van der Waals surface area contributed by atoms with Crippen LogP contribution in [-0.4, -0.2) is 79.7 Å². The summed E-state index contributed by atoms with van der Waals surface area (Å²) in [6, 6.07) is 1.57. The number of rotatable bonds is 2. The number of hydrogen-bond acceptors (Lipinski definition) is 10. The quantitative estimate of drug-likeness (QED) is 0.164. The Morgan fingerprint density at radius 2 is 1.76 bits per heavy atom. The molecule has 3 aliphatic rings. The summed E-state index contributed by atoms with van der Waals surface area (Å²) in [5.74, 6) is -9.34. The Balaban J connectivity index is 2.07. The number of phenolic OH excluding ortho intramolecular Hbond substituents is 1. The van der Waals surface area contributed by atoms with Crippen molar-refractivity contribution in [3.05, 3.63) is 40.2 Å². The van der Waals surface area contributed by atoms with Gasteiger partial charge in [0, 0.05) is 11.5 Å². The van der Waals surface area contributed by atoms with Gasteiger partial charge in [-0.3, -0.25) is 19.3 Å². The largest absolute Gasteiger partial charge is 0.508 e. The number of likely N-dealkylation sites (N-methyl/N-ethyl adjacent to an activating group) is 1. The van der Waals surface area contributed by atoms with Gasteiger partial charge in [0.05, 0.1) is 29.3 Å². The average molecular weight is 459 g/mol. The van der Waals surface area contributed by atoms with Crippen LogP contribution in [0.15, 0.2) is 29.0 Å². The Morgan fingerprint density at radius 1 is 1.15 bits per heavy atom. The minimum Gasteiger partial charge on any atom is -0.508 e. The molecule has 1 amide bonds. The van der Waals surface area contributed by atoms with E-state index in [0.717, 1.165) is 0 Å². The number of aliphatic hydroxyl groups excluding tert-OH is 3. The number of nitrogens with zero attached hydrogens (tertiary/aromatic N) is 1. The third kappa shape index (κ3) is 2.63. The Bertz CT molecular complexity index is 1190. The van der Waals surface area contributed by atoms with Gasteiger partial charge in [0.15, 0.2) is 11.4 Å². The van der Waals surface area contributed by atoms with E-state index < -0.39 is 81.4 Å². The maximum atomic E-state index is 13.7. The number of benzene rings is 1. The Hall–Kier alpha value is -3.41. The molecular weight excluding hydrogens is 434 g/mol. The summed E-state index contributed by atoms with van der Waals surface area (Å²) in [5, 5.41) is 55.2. The van der Waals surface area contributed by atoms with Crippen LogP contribution >= 0.6 is 0 Å². The van der Waals surface area contributed by atoms with Crippen LogP contribution in [0.4, 0.5) is 5.69 Å². The summed E-state index contributed by atoms with van der Waals surface area (Å²) in [4.78, 5) is 40.0. The summed E-state index contributed by atoms with van der Waals surface area (Å²) in [7, 11) is 2.90. The molecule has 1 fully saturated rings. The topological polar surface area (TPSA) is 208 Å². The van der Waals surface area contributed by atoms with E-state index in [0.29, 0.717) is 5.56 Å². The van der Waals surface area contributed by atoms with E-state index in [1.807, 2.05) is 0 Å². The van der Waals surface area contributed by atoms with E-state index >= 15 is 0 Å². The molecule has 0 aliphatic heterocycles. The molecule has 3 aliphatic carbocycles. The molecule has 1 saturated carbocycles. The first-order chi connectivity index (χ1) is 15.3. The molecule has 11 nitrogen and oxygen atoms in total. The fraction of sp³-hybridized carbons (Fsp3) is 0.409. The van der Waals surface area contributed by atoms with Gasteiger partial charge in [-0.1, -0.05) is 13.0 Å². The van der Waals surface area contributed by atoms with Crippen molar-refractivity contribution < 1.29 is 39.9 Å². The van der Waals surface area contributed by atoms with Crippen LogP contribution in [0.2, 0.25) is 0 Å².